The number of rotatable bonds is 7. The van der Waals surface area contributed by atoms with Gasteiger partial charge in [0, 0.05) is 50.0 Å². The molecule has 1 atom stereocenters. The van der Waals surface area contributed by atoms with Gasteiger partial charge in [0.1, 0.15) is 5.82 Å². The lowest BCUT2D eigenvalue weighted by molar-refractivity contribution is -0.126. The molecule has 4 aromatic rings. The number of benzene rings is 1. The first kappa shape index (κ1) is 21.2. The van der Waals surface area contributed by atoms with Crippen LogP contribution in [0.3, 0.4) is 0 Å². The Kier molecular flexibility index (Phi) is 6.30. The third-order valence-electron chi connectivity index (χ3n) is 6.13. The lowest BCUT2D eigenvalue weighted by Gasteiger charge is -2.32. The number of carbonyl (C=O) groups excluding carboxylic acids is 1. The predicted octanol–water partition coefficient (Wildman–Crippen LogP) is 3.59. The molecule has 0 saturated carbocycles. The Morgan fingerprint density at radius 3 is 2.67 bits per heavy atom. The largest absolute Gasteiger partial charge is 0.352 e. The number of likely N-dealkylation sites (tertiary alicyclic amines) is 1. The van der Waals surface area contributed by atoms with Crippen LogP contribution in [0.15, 0.2) is 85.6 Å². The number of hydrogen-bond acceptors (Lipinski definition) is 4. The van der Waals surface area contributed by atoms with E-state index in [0.717, 1.165) is 55.1 Å². The maximum Gasteiger partial charge on any atom is 0.224 e. The van der Waals surface area contributed by atoms with Crippen molar-refractivity contribution < 1.29 is 4.79 Å². The van der Waals surface area contributed by atoms with Crippen molar-refractivity contribution in [2.24, 2.45) is 5.92 Å². The first-order valence-corrected chi connectivity index (χ1v) is 11.4. The van der Waals surface area contributed by atoms with Gasteiger partial charge in [0.05, 0.1) is 17.8 Å². The molecule has 0 aliphatic carbocycles. The first-order chi connectivity index (χ1) is 16.3. The summed E-state index contributed by atoms with van der Waals surface area (Å²) in [6.07, 6.45) is 11.5. The topological polar surface area (TPSA) is 68.0 Å². The van der Waals surface area contributed by atoms with Crippen LogP contribution in [0, 0.1) is 5.92 Å². The molecule has 0 spiro atoms. The van der Waals surface area contributed by atoms with E-state index in [0.29, 0.717) is 6.54 Å². The van der Waals surface area contributed by atoms with Crippen LogP contribution in [0.2, 0.25) is 0 Å². The van der Waals surface area contributed by atoms with Crippen molar-refractivity contribution in [2.45, 2.75) is 25.9 Å². The quantitative estimate of drug-likeness (QED) is 0.477. The third-order valence-corrected chi connectivity index (χ3v) is 6.13. The zero-order valence-corrected chi connectivity index (χ0v) is 18.5. The molecule has 1 aliphatic heterocycles. The number of hydrogen-bond donors (Lipinski definition) is 1. The van der Waals surface area contributed by atoms with E-state index < -0.39 is 0 Å². The molecular weight excluding hydrogens is 412 g/mol. The Morgan fingerprint density at radius 1 is 1.03 bits per heavy atom. The van der Waals surface area contributed by atoms with Crippen LogP contribution < -0.4 is 5.32 Å². The number of aromatic nitrogens is 4. The maximum absolute atomic E-state index is 12.8. The van der Waals surface area contributed by atoms with E-state index in [2.05, 4.69) is 31.9 Å². The second-order valence-corrected chi connectivity index (χ2v) is 8.48. The predicted molar refractivity (Wildman–Crippen MR) is 127 cm³/mol. The van der Waals surface area contributed by atoms with Gasteiger partial charge in [0.15, 0.2) is 0 Å². The molecule has 33 heavy (non-hydrogen) atoms. The molecule has 1 aliphatic rings. The average molecular weight is 441 g/mol. The fourth-order valence-corrected chi connectivity index (χ4v) is 4.49. The van der Waals surface area contributed by atoms with Gasteiger partial charge in [-0.3, -0.25) is 14.7 Å². The van der Waals surface area contributed by atoms with Crippen molar-refractivity contribution in [3.63, 3.8) is 0 Å². The molecular formula is C26H28N6O. The number of carbonyl (C=O) groups is 1. The van der Waals surface area contributed by atoms with Crippen LogP contribution in [-0.2, 0) is 17.9 Å². The Hall–Kier alpha value is -3.71. The summed E-state index contributed by atoms with van der Waals surface area (Å²) >= 11 is 0. The summed E-state index contributed by atoms with van der Waals surface area (Å²) in [4.78, 5) is 19.3. The van der Waals surface area contributed by atoms with Crippen molar-refractivity contribution >= 4 is 5.91 Å². The molecule has 5 rings (SSSR count). The summed E-state index contributed by atoms with van der Waals surface area (Å²) in [5.74, 6) is 1.15. The summed E-state index contributed by atoms with van der Waals surface area (Å²) < 4.78 is 4.09. The van der Waals surface area contributed by atoms with Crippen molar-refractivity contribution in [3.05, 3.63) is 96.7 Å². The van der Waals surface area contributed by atoms with E-state index in [1.165, 1.54) is 0 Å². The molecule has 0 bridgehead atoms. The van der Waals surface area contributed by atoms with Crippen LogP contribution in [0.25, 0.3) is 11.5 Å². The van der Waals surface area contributed by atoms with Crippen molar-refractivity contribution in [2.75, 3.05) is 13.1 Å². The Bertz CT molecular complexity index is 1170. The van der Waals surface area contributed by atoms with Crippen LogP contribution in [0.1, 0.15) is 24.0 Å². The maximum atomic E-state index is 12.8. The summed E-state index contributed by atoms with van der Waals surface area (Å²) in [5, 5.41) is 7.80. The fraction of sp³-hybridized carbons (Fsp3) is 0.269. The minimum absolute atomic E-state index is 0.00498. The number of nitrogens with zero attached hydrogens (tertiary/aromatic N) is 5. The first-order valence-electron chi connectivity index (χ1n) is 11.4. The van der Waals surface area contributed by atoms with Crippen molar-refractivity contribution in [1.82, 2.24) is 29.5 Å². The lowest BCUT2D eigenvalue weighted by Crippen LogP contribution is -2.42. The highest BCUT2D eigenvalue weighted by Crippen LogP contribution is 2.24. The van der Waals surface area contributed by atoms with Crippen LogP contribution in [-0.4, -0.2) is 43.2 Å². The summed E-state index contributed by atoms with van der Waals surface area (Å²) in [5.41, 5.74) is 3.19. The van der Waals surface area contributed by atoms with Gasteiger partial charge >= 0.3 is 0 Å². The van der Waals surface area contributed by atoms with E-state index in [9.17, 15) is 4.79 Å². The highest BCUT2D eigenvalue weighted by atomic mass is 16.1. The molecule has 0 unspecified atom stereocenters. The van der Waals surface area contributed by atoms with E-state index >= 15 is 0 Å². The molecule has 1 aromatic carbocycles. The van der Waals surface area contributed by atoms with Crippen LogP contribution >= 0.6 is 0 Å². The van der Waals surface area contributed by atoms with Gasteiger partial charge in [-0.05, 0) is 55.3 Å². The molecule has 7 heteroatoms. The summed E-state index contributed by atoms with van der Waals surface area (Å²) in [6.45, 7) is 3.01. The van der Waals surface area contributed by atoms with E-state index in [4.69, 9.17) is 5.10 Å². The fourth-order valence-electron chi connectivity index (χ4n) is 4.49. The standard InChI is InChI=1S/C26H28N6O/c33-25(28-17-21-8-6-12-27-16-21)22-9-7-13-30(19-22)20-23-18-29-32(24-10-2-1-3-11-24)26(23)31-14-4-5-15-31/h1-6,8,10-12,14-16,18,22H,7,9,13,17,19-20H2,(H,28,33)/t22-/m0/s1. The van der Waals surface area contributed by atoms with Gasteiger partial charge in [-0.25, -0.2) is 4.68 Å². The molecule has 1 amide bonds. The van der Waals surface area contributed by atoms with Gasteiger partial charge in [-0.15, -0.1) is 0 Å². The van der Waals surface area contributed by atoms with Gasteiger partial charge in [0.25, 0.3) is 0 Å². The van der Waals surface area contributed by atoms with Crippen molar-refractivity contribution in [1.29, 1.82) is 0 Å². The van der Waals surface area contributed by atoms with E-state index in [-0.39, 0.29) is 11.8 Å². The third kappa shape index (κ3) is 4.88. The highest BCUT2D eigenvalue weighted by molar-refractivity contribution is 5.78. The summed E-state index contributed by atoms with van der Waals surface area (Å²) in [6, 6.07) is 18.1. The minimum atomic E-state index is -0.00498. The van der Waals surface area contributed by atoms with Gasteiger partial charge in [-0.2, -0.15) is 5.10 Å². The van der Waals surface area contributed by atoms with E-state index in [1.54, 1.807) is 12.4 Å². The smallest absolute Gasteiger partial charge is 0.224 e. The minimum Gasteiger partial charge on any atom is -0.352 e. The van der Waals surface area contributed by atoms with Gasteiger partial charge < -0.3 is 9.88 Å². The molecule has 1 fully saturated rings. The van der Waals surface area contributed by atoms with Crippen molar-refractivity contribution in [3.8, 4) is 11.5 Å². The number of piperidine rings is 1. The SMILES string of the molecule is O=C(NCc1cccnc1)[C@H]1CCCN(Cc2cnn(-c3ccccc3)c2-n2cccc2)C1. The van der Waals surface area contributed by atoms with Gasteiger partial charge in [0.2, 0.25) is 5.91 Å². The molecule has 7 nitrogen and oxygen atoms in total. The van der Waals surface area contributed by atoms with Crippen LogP contribution in [0.5, 0.6) is 0 Å². The molecule has 3 aromatic heterocycles. The average Bonchev–Trinajstić information content (AvgIpc) is 3.54. The Balaban J connectivity index is 1.30. The van der Waals surface area contributed by atoms with Crippen LogP contribution in [0.4, 0.5) is 0 Å². The monoisotopic (exact) mass is 440 g/mol. The molecule has 4 heterocycles. The highest BCUT2D eigenvalue weighted by Gasteiger charge is 2.27. The normalized spacial score (nSPS) is 16.5. The zero-order chi connectivity index (χ0) is 22.5. The number of pyridine rings is 1. The Labute approximate surface area is 193 Å². The second kappa shape index (κ2) is 9.83. The second-order valence-electron chi connectivity index (χ2n) is 8.48. The zero-order valence-electron chi connectivity index (χ0n) is 18.5. The molecule has 168 valence electrons. The number of amides is 1. The molecule has 1 N–H and O–H groups in total. The molecule has 0 radical (unpaired) electrons. The molecule has 1 saturated heterocycles. The number of para-hydroxylation sites is 1. The lowest BCUT2D eigenvalue weighted by atomic mass is 9.96. The number of nitrogens with one attached hydrogen (secondary N) is 1. The van der Waals surface area contributed by atoms with E-state index in [1.807, 2.05) is 65.7 Å². The van der Waals surface area contributed by atoms with Gasteiger partial charge in [-0.1, -0.05) is 24.3 Å². The summed E-state index contributed by atoms with van der Waals surface area (Å²) in [7, 11) is 0. The Morgan fingerprint density at radius 2 is 1.88 bits per heavy atom.